The molecule has 2 aromatic heterocycles. The third kappa shape index (κ3) is 3.43. The van der Waals surface area contributed by atoms with E-state index in [1.54, 1.807) is 30.3 Å². The Morgan fingerprint density at radius 2 is 1.97 bits per heavy atom. The minimum atomic E-state index is -1.44. The molecule has 4 unspecified atom stereocenters. The molecule has 4 rings (SSSR count). The Morgan fingerprint density at radius 3 is 2.66 bits per heavy atom. The summed E-state index contributed by atoms with van der Waals surface area (Å²) in [5.41, 5.74) is 1.96. The van der Waals surface area contributed by atoms with Gasteiger partial charge >= 0.3 is 0 Å². The van der Waals surface area contributed by atoms with E-state index >= 15 is 0 Å². The van der Waals surface area contributed by atoms with Crippen molar-refractivity contribution in [3.63, 3.8) is 0 Å². The summed E-state index contributed by atoms with van der Waals surface area (Å²) in [6.45, 7) is 1.30. The number of rotatable bonds is 4. The summed E-state index contributed by atoms with van der Waals surface area (Å²) in [6.07, 6.45) is -3.74. The highest BCUT2D eigenvalue weighted by Gasteiger charge is 2.43. The van der Waals surface area contributed by atoms with Crippen LogP contribution >= 0.6 is 0 Å². The summed E-state index contributed by atoms with van der Waals surface area (Å²) in [6, 6.07) is 7.59. The highest BCUT2D eigenvalue weighted by Crippen LogP contribution is 2.29. The van der Waals surface area contributed by atoms with E-state index in [4.69, 9.17) is 14.3 Å². The van der Waals surface area contributed by atoms with E-state index in [1.165, 1.54) is 6.26 Å². The van der Waals surface area contributed by atoms with Crippen LogP contribution in [0.4, 0.5) is 5.69 Å². The van der Waals surface area contributed by atoms with E-state index in [-0.39, 0.29) is 5.56 Å². The summed E-state index contributed by atoms with van der Waals surface area (Å²) >= 11 is 0. The van der Waals surface area contributed by atoms with Gasteiger partial charge in [0.05, 0.1) is 24.0 Å². The Morgan fingerprint density at radius 1 is 1.17 bits per heavy atom. The largest absolute Gasteiger partial charge is 0.464 e. The fourth-order valence-electron chi connectivity index (χ4n) is 3.72. The van der Waals surface area contributed by atoms with Gasteiger partial charge in [-0.1, -0.05) is 6.07 Å². The highest BCUT2D eigenvalue weighted by molar-refractivity contribution is 5.89. The van der Waals surface area contributed by atoms with E-state index in [2.05, 4.69) is 10.3 Å². The fraction of sp³-hybridized carbons (Fsp3) is 0.350. The second kappa shape index (κ2) is 7.62. The van der Waals surface area contributed by atoms with Crippen molar-refractivity contribution in [2.45, 2.75) is 37.6 Å². The van der Waals surface area contributed by atoms with Crippen LogP contribution in [0, 0.1) is 6.92 Å². The molecule has 0 amide bonds. The minimum absolute atomic E-state index is 0.302. The lowest BCUT2D eigenvalue weighted by Gasteiger charge is -2.40. The Hall–Kier alpha value is -2.69. The number of aliphatic hydroxyl groups excluding tert-OH is 4. The molecular weight excluding hydrogens is 380 g/mol. The number of aromatic nitrogens is 1. The van der Waals surface area contributed by atoms with Gasteiger partial charge in [-0.2, -0.15) is 0 Å². The molecule has 1 aliphatic heterocycles. The summed E-state index contributed by atoms with van der Waals surface area (Å²) in [5, 5.41) is 43.3. The number of benzene rings is 1. The van der Waals surface area contributed by atoms with Crippen LogP contribution in [0.1, 0.15) is 5.56 Å². The molecule has 1 saturated heterocycles. The number of anilines is 1. The molecule has 1 aromatic carbocycles. The number of furan rings is 1. The molecule has 9 nitrogen and oxygen atoms in total. The number of ether oxygens (including phenoxy) is 1. The van der Waals surface area contributed by atoms with Gasteiger partial charge in [0, 0.05) is 11.1 Å². The van der Waals surface area contributed by atoms with Crippen LogP contribution in [-0.2, 0) is 4.74 Å². The number of aromatic amines is 1. The van der Waals surface area contributed by atoms with E-state index in [9.17, 15) is 20.1 Å². The Kier molecular flexibility index (Phi) is 5.15. The zero-order valence-electron chi connectivity index (χ0n) is 15.6. The Bertz CT molecular complexity index is 1060. The van der Waals surface area contributed by atoms with Gasteiger partial charge in [-0.25, -0.2) is 0 Å². The number of aryl methyl sites for hydroxylation is 1. The zero-order chi connectivity index (χ0) is 20.7. The molecule has 3 heterocycles. The van der Waals surface area contributed by atoms with E-state index in [0.29, 0.717) is 22.5 Å². The molecule has 154 valence electrons. The third-order valence-corrected chi connectivity index (χ3v) is 5.27. The number of pyridine rings is 1. The first-order valence-electron chi connectivity index (χ1n) is 9.18. The van der Waals surface area contributed by atoms with Crippen LogP contribution < -0.4 is 10.9 Å². The molecule has 0 aliphatic carbocycles. The predicted octanol–water partition coefficient (Wildman–Crippen LogP) is 0.308. The predicted molar refractivity (Wildman–Crippen MR) is 104 cm³/mol. The second-order valence-electron chi connectivity index (χ2n) is 7.09. The Labute approximate surface area is 165 Å². The summed E-state index contributed by atoms with van der Waals surface area (Å²) < 4.78 is 10.5. The minimum Gasteiger partial charge on any atom is -0.464 e. The van der Waals surface area contributed by atoms with E-state index < -0.39 is 37.3 Å². The molecule has 1 aliphatic rings. The van der Waals surface area contributed by atoms with Gasteiger partial charge < -0.3 is 39.9 Å². The number of H-pyrrole nitrogens is 1. The van der Waals surface area contributed by atoms with Crippen LogP contribution in [0.25, 0.3) is 22.2 Å². The number of nitrogens with one attached hydrogen (secondary N) is 2. The molecular formula is C20H22N2O7. The van der Waals surface area contributed by atoms with Crippen molar-refractivity contribution in [2.24, 2.45) is 0 Å². The molecule has 3 aromatic rings. The monoisotopic (exact) mass is 402 g/mol. The molecule has 5 atom stereocenters. The molecule has 0 saturated carbocycles. The SMILES string of the molecule is Cc1c(-c2ccco2)c(=O)[nH]c2cc(NC3C(O)OC(CO)[C@H](O)C3O)ccc12. The molecule has 0 bridgehead atoms. The lowest BCUT2D eigenvalue weighted by atomic mass is 9.96. The summed E-state index contributed by atoms with van der Waals surface area (Å²) in [5.74, 6) is 0.478. The van der Waals surface area contributed by atoms with Crippen LogP contribution in [0.3, 0.4) is 0 Å². The van der Waals surface area contributed by atoms with Crippen LogP contribution in [0.2, 0.25) is 0 Å². The summed E-state index contributed by atoms with van der Waals surface area (Å²) in [7, 11) is 0. The molecule has 9 heteroatoms. The van der Waals surface area contributed by atoms with Gasteiger partial charge in [0.1, 0.15) is 30.1 Å². The maximum absolute atomic E-state index is 12.6. The molecule has 6 N–H and O–H groups in total. The van der Waals surface area contributed by atoms with E-state index in [0.717, 1.165) is 10.9 Å². The average molecular weight is 402 g/mol. The van der Waals surface area contributed by atoms with Crippen molar-refractivity contribution < 1.29 is 29.6 Å². The topological polar surface area (TPSA) is 148 Å². The third-order valence-electron chi connectivity index (χ3n) is 5.27. The maximum atomic E-state index is 12.6. The maximum Gasteiger partial charge on any atom is 0.259 e. The molecule has 0 radical (unpaired) electrons. The number of hydrogen-bond donors (Lipinski definition) is 6. The first-order valence-corrected chi connectivity index (χ1v) is 9.18. The number of hydrogen-bond acceptors (Lipinski definition) is 8. The normalized spacial score (nSPS) is 27.3. The van der Waals surface area contributed by atoms with Crippen LogP contribution in [0.5, 0.6) is 0 Å². The summed E-state index contributed by atoms with van der Waals surface area (Å²) in [4.78, 5) is 15.4. The van der Waals surface area contributed by atoms with Crippen molar-refractivity contribution in [2.75, 3.05) is 11.9 Å². The Balaban J connectivity index is 1.66. The lowest BCUT2D eigenvalue weighted by Crippen LogP contribution is -2.61. The smallest absolute Gasteiger partial charge is 0.259 e. The average Bonchev–Trinajstić information content (AvgIpc) is 3.22. The molecule has 0 spiro atoms. The van der Waals surface area contributed by atoms with Crippen molar-refractivity contribution in [1.29, 1.82) is 0 Å². The molecule has 1 fully saturated rings. The van der Waals surface area contributed by atoms with Gasteiger partial charge in [-0.3, -0.25) is 4.79 Å². The van der Waals surface area contributed by atoms with Crippen molar-refractivity contribution in [3.8, 4) is 11.3 Å². The van der Waals surface area contributed by atoms with Gasteiger partial charge in [0.15, 0.2) is 6.29 Å². The quantitative estimate of drug-likeness (QED) is 0.365. The zero-order valence-corrected chi connectivity index (χ0v) is 15.6. The van der Waals surface area contributed by atoms with E-state index in [1.807, 2.05) is 6.92 Å². The standard InChI is InChI=1S/C20H22N2O7/c1-9-11-5-4-10(21-16-18(25)17(24)14(8-23)29-20(16)27)7-12(11)22-19(26)15(9)13-3-2-6-28-13/h2-7,14,16-18,20-21,23-25,27H,8H2,1H3,(H,22,26)/t14?,16?,17-,18?,20?/m0/s1. The first-order chi connectivity index (χ1) is 13.9. The van der Waals surface area contributed by atoms with Gasteiger partial charge in [-0.15, -0.1) is 0 Å². The van der Waals surface area contributed by atoms with Gasteiger partial charge in [0.2, 0.25) is 0 Å². The first kappa shape index (κ1) is 19.6. The van der Waals surface area contributed by atoms with Crippen LogP contribution in [0.15, 0.2) is 45.8 Å². The fourth-order valence-corrected chi connectivity index (χ4v) is 3.72. The van der Waals surface area contributed by atoms with Gasteiger partial charge in [0.25, 0.3) is 5.56 Å². The van der Waals surface area contributed by atoms with Crippen LogP contribution in [-0.4, -0.2) is 62.7 Å². The second-order valence-corrected chi connectivity index (χ2v) is 7.09. The molecule has 29 heavy (non-hydrogen) atoms. The lowest BCUT2D eigenvalue weighted by molar-refractivity contribution is -0.245. The van der Waals surface area contributed by atoms with Gasteiger partial charge in [-0.05, 0) is 36.8 Å². The van der Waals surface area contributed by atoms with Crippen molar-refractivity contribution in [1.82, 2.24) is 4.98 Å². The van der Waals surface area contributed by atoms with Crippen molar-refractivity contribution in [3.05, 3.63) is 52.5 Å². The highest BCUT2D eigenvalue weighted by atomic mass is 16.6. The number of aliphatic hydroxyl groups is 4. The van der Waals surface area contributed by atoms with Crippen molar-refractivity contribution >= 4 is 16.6 Å². The number of fused-ring (bicyclic) bond motifs is 1.